The molecule has 1 saturated carbocycles. The van der Waals surface area contributed by atoms with E-state index in [1.165, 1.54) is 19.3 Å². The summed E-state index contributed by atoms with van der Waals surface area (Å²) in [4.78, 5) is 26.3. The predicted octanol–water partition coefficient (Wildman–Crippen LogP) is 2.09. The maximum Gasteiger partial charge on any atom is 0.230 e. The van der Waals surface area contributed by atoms with Gasteiger partial charge in [-0.1, -0.05) is 6.42 Å². The van der Waals surface area contributed by atoms with Gasteiger partial charge in [0, 0.05) is 32.0 Å². The van der Waals surface area contributed by atoms with E-state index in [2.05, 4.69) is 19.8 Å². The Labute approximate surface area is 138 Å². The molecule has 0 aromatic carbocycles. The number of amides is 1. The van der Waals surface area contributed by atoms with Crippen LogP contribution in [-0.4, -0.2) is 51.9 Å². The summed E-state index contributed by atoms with van der Waals surface area (Å²) in [6.45, 7) is 4.60. The molecule has 0 N–H and O–H groups in total. The minimum atomic E-state index is -0.128. The highest BCUT2D eigenvalue weighted by molar-refractivity contribution is 5.84. The van der Waals surface area contributed by atoms with Crippen LogP contribution in [-0.2, 0) is 11.3 Å². The van der Waals surface area contributed by atoms with E-state index in [-0.39, 0.29) is 5.41 Å². The molecule has 0 bridgehead atoms. The zero-order chi connectivity index (χ0) is 15.7. The normalized spacial score (nSPS) is 29.2. The first-order valence-corrected chi connectivity index (χ1v) is 9.03. The first kappa shape index (κ1) is 15.1. The maximum absolute atomic E-state index is 13.1. The Morgan fingerprint density at radius 2 is 1.96 bits per heavy atom. The van der Waals surface area contributed by atoms with E-state index in [1.54, 1.807) is 12.4 Å². The average molecular weight is 314 g/mol. The first-order chi connectivity index (χ1) is 11.3. The van der Waals surface area contributed by atoms with Gasteiger partial charge in [-0.3, -0.25) is 9.69 Å². The Kier molecular flexibility index (Phi) is 4.05. The van der Waals surface area contributed by atoms with Crippen molar-refractivity contribution in [3.05, 3.63) is 24.3 Å². The lowest BCUT2D eigenvalue weighted by Gasteiger charge is -2.42. The second kappa shape index (κ2) is 6.19. The molecular formula is C18H26N4O. The van der Waals surface area contributed by atoms with E-state index in [9.17, 15) is 4.79 Å². The number of piperidine rings is 1. The first-order valence-electron chi connectivity index (χ1n) is 9.03. The minimum Gasteiger partial charge on any atom is -0.342 e. The van der Waals surface area contributed by atoms with Crippen LogP contribution in [0.2, 0.25) is 0 Å². The fourth-order valence-electron chi connectivity index (χ4n) is 4.40. The van der Waals surface area contributed by atoms with Crippen molar-refractivity contribution < 1.29 is 4.79 Å². The molecule has 124 valence electrons. The molecule has 1 aliphatic carbocycles. The third-order valence-electron chi connectivity index (χ3n) is 5.94. The summed E-state index contributed by atoms with van der Waals surface area (Å²) < 4.78 is 0. The van der Waals surface area contributed by atoms with Gasteiger partial charge in [-0.05, 0) is 50.6 Å². The minimum absolute atomic E-state index is 0.128. The molecule has 3 heterocycles. The molecule has 2 saturated heterocycles. The van der Waals surface area contributed by atoms with Gasteiger partial charge < -0.3 is 4.90 Å². The van der Waals surface area contributed by atoms with Crippen molar-refractivity contribution in [2.75, 3.05) is 26.2 Å². The highest BCUT2D eigenvalue weighted by Crippen LogP contribution is 2.41. The highest BCUT2D eigenvalue weighted by Gasteiger charge is 2.48. The van der Waals surface area contributed by atoms with Crippen molar-refractivity contribution in [2.24, 2.45) is 11.3 Å². The van der Waals surface area contributed by atoms with E-state index in [4.69, 9.17) is 0 Å². The van der Waals surface area contributed by atoms with E-state index >= 15 is 0 Å². The Balaban J connectivity index is 1.40. The molecule has 2 aliphatic heterocycles. The Morgan fingerprint density at radius 3 is 2.70 bits per heavy atom. The number of aromatic nitrogens is 2. The third kappa shape index (κ3) is 2.99. The molecule has 3 aliphatic rings. The predicted molar refractivity (Wildman–Crippen MR) is 87.5 cm³/mol. The van der Waals surface area contributed by atoms with Crippen molar-refractivity contribution in [3.63, 3.8) is 0 Å². The number of hydrogen-bond acceptors (Lipinski definition) is 4. The van der Waals surface area contributed by atoms with Gasteiger partial charge in [0.05, 0.1) is 12.0 Å². The van der Waals surface area contributed by atoms with E-state index < -0.39 is 0 Å². The molecule has 1 aromatic heterocycles. The van der Waals surface area contributed by atoms with E-state index in [0.717, 1.165) is 63.7 Å². The van der Waals surface area contributed by atoms with Gasteiger partial charge >= 0.3 is 0 Å². The smallest absolute Gasteiger partial charge is 0.230 e. The van der Waals surface area contributed by atoms with Crippen LogP contribution in [0.1, 0.15) is 44.3 Å². The van der Waals surface area contributed by atoms with Crippen LogP contribution in [0, 0.1) is 11.3 Å². The van der Waals surface area contributed by atoms with E-state index in [1.807, 2.05) is 6.07 Å². The van der Waals surface area contributed by atoms with Crippen LogP contribution >= 0.6 is 0 Å². The molecule has 4 rings (SSSR count). The number of carbonyl (C=O) groups excluding carboxylic acids is 1. The van der Waals surface area contributed by atoms with Gasteiger partial charge in [-0.2, -0.15) is 0 Å². The number of carbonyl (C=O) groups is 1. The second-order valence-electron chi connectivity index (χ2n) is 7.56. The van der Waals surface area contributed by atoms with Crippen molar-refractivity contribution in [2.45, 2.75) is 45.1 Å². The molecule has 1 atom stereocenters. The average Bonchev–Trinajstić information content (AvgIpc) is 2.92. The summed E-state index contributed by atoms with van der Waals surface area (Å²) in [5.41, 5.74) is -0.128. The lowest BCUT2D eigenvalue weighted by Crippen LogP contribution is -2.51. The molecule has 0 unspecified atom stereocenters. The van der Waals surface area contributed by atoms with Gasteiger partial charge in [0.1, 0.15) is 5.82 Å². The monoisotopic (exact) mass is 314 g/mol. The van der Waals surface area contributed by atoms with Gasteiger partial charge in [-0.25, -0.2) is 9.97 Å². The topological polar surface area (TPSA) is 49.3 Å². The Hall–Kier alpha value is -1.49. The molecule has 1 amide bonds. The van der Waals surface area contributed by atoms with Crippen LogP contribution in [0.5, 0.6) is 0 Å². The Morgan fingerprint density at radius 1 is 1.13 bits per heavy atom. The number of hydrogen-bond donors (Lipinski definition) is 0. The van der Waals surface area contributed by atoms with Gasteiger partial charge in [0.2, 0.25) is 5.91 Å². The second-order valence-corrected chi connectivity index (χ2v) is 7.56. The van der Waals surface area contributed by atoms with Crippen molar-refractivity contribution in [3.8, 4) is 0 Å². The van der Waals surface area contributed by atoms with Gasteiger partial charge in [0.25, 0.3) is 0 Å². The van der Waals surface area contributed by atoms with Gasteiger partial charge in [0.15, 0.2) is 0 Å². The molecular weight excluding hydrogens is 288 g/mol. The molecule has 23 heavy (non-hydrogen) atoms. The third-order valence-corrected chi connectivity index (χ3v) is 5.94. The zero-order valence-corrected chi connectivity index (χ0v) is 13.8. The number of nitrogens with zero attached hydrogens (tertiary/aromatic N) is 4. The summed E-state index contributed by atoms with van der Waals surface area (Å²) in [6.07, 6.45) is 10.8. The quantitative estimate of drug-likeness (QED) is 0.854. The summed E-state index contributed by atoms with van der Waals surface area (Å²) >= 11 is 0. The molecule has 1 spiro atoms. The summed E-state index contributed by atoms with van der Waals surface area (Å²) in [7, 11) is 0. The molecule has 0 radical (unpaired) electrons. The SMILES string of the molecule is O=C1N(CC2CCC2)CCC[C@@]12CCN(Cc1ncccn1)C2. The Bertz CT molecular complexity index is 559. The van der Waals surface area contributed by atoms with Crippen LogP contribution in [0.15, 0.2) is 18.5 Å². The van der Waals surface area contributed by atoms with Crippen molar-refractivity contribution in [1.29, 1.82) is 0 Å². The summed E-state index contributed by atoms with van der Waals surface area (Å²) in [5, 5.41) is 0. The van der Waals surface area contributed by atoms with Crippen molar-refractivity contribution in [1.82, 2.24) is 19.8 Å². The standard InChI is InChI=1S/C18H26N4O/c23-17-18(6-2-10-22(17)12-15-4-1-5-15)7-11-21(14-18)13-16-19-8-3-9-20-16/h3,8-9,15H,1-2,4-7,10-14H2/t18-/m0/s1. The lowest BCUT2D eigenvalue weighted by atomic mass is 9.77. The fourth-order valence-corrected chi connectivity index (χ4v) is 4.40. The number of rotatable bonds is 4. The molecule has 1 aromatic rings. The molecule has 5 heteroatoms. The molecule has 5 nitrogen and oxygen atoms in total. The van der Waals surface area contributed by atoms with Crippen molar-refractivity contribution >= 4 is 5.91 Å². The van der Waals surface area contributed by atoms with E-state index in [0.29, 0.717) is 5.91 Å². The summed E-state index contributed by atoms with van der Waals surface area (Å²) in [5.74, 6) is 2.05. The maximum atomic E-state index is 13.1. The number of likely N-dealkylation sites (tertiary alicyclic amines) is 2. The van der Waals surface area contributed by atoms with Crippen LogP contribution in [0.4, 0.5) is 0 Å². The zero-order valence-electron chi connectivity index (χ0n) is 13.8. The summed E-state index contributed by atoms with van der Waals surface area (Å²) in [6, 6.07) is 1.85. The lowest BCUT2D eigenvalue weighted by molar-refractivity contribution is -0.146. The largest absolute Gasteiger partial charge is 0.342 e. The van der Waals surface area contributed by atoms with Gasteiger partial charge in [-0.15, -0.1) is 0 Å². The fraction of sp³-hybridized carbons (Fsp3) is 0.722. The van der Waals surface area contributed by atoms with Crippen LogP contribution < -0.4 is 0 Å². The molecule has 3 fully saturated rings. The van der Waals surface area contributed by atoms with Crippen LogP contribution in [0.3, 0.4) is 0 Å². The highest BCUT2D eigenvalue weighted by atomic mass is 16.2. The van der Waals surface area contributed by atoms with Crippen LogP contribution in [0.25, 0.3) is 0 Å².